The number of fused-ring (bicyclic) bond motifs is 3. The van der Waals surface area contributed by atoms with Crippen molar-refractivity contribution < 1.29 is 15.0 Å². The van der Waals surface area contributed by atoms with Gasteiger partial charge in [0.05, 0.1) is 11.2 Å². The van der Waals surface area contributed by atoms with E-state index in [9.17, 15) is 15.0 Å². The van der Waals surface area contributed by atoms with Crippen LogP contribution in [0, 0.1) is 22.7 Å². The first-order valence-corrected chi connectivity index (χ1v) is 7.02. The quantitative estimate of drug-likeness (QED) is 0.692. The number of carbonyl (C=O) groups is 1. The molecule has 3 saturated carbocycles. The average molecular weight is 252 g/mol. The zero-order chi connectivity index (χ0) is 13.6. The summed E-state index contributed by atoms with van der Waals surface area (Å²) in [4.78, 5) is 12.0. The molecular weight excluding hydrogens is 228 g/mol. The lowest BCUT2D eigenvalue weighted by Crippen LogP contribution is -2.44. The fourth-order valence-corrected chi connectivity index (χ4v) is 5.48. The monoisotopic (exact) mass is 252 g/mol. The number of ketones is 1. The lowest BCUT2D eigenvalue weighted by molar-refractivity contribution is -0.123. The maximum atomic E-state index is 12.0. The molecule has 102 valence electrons. The first kappa shape index (κ1) is 12.6. The third-order valence-corrected chi connectivity index (χ3v) is 6.36. The highest BCUT2D eigenvalue weighted by Crippen LogP contribution is 2.71. The summed E-state index contributed by atoms with van der Waals surface area (Å²) >= 11 is 0. The topological polar surface area (TPSA) is 57.5 Å². The molecule has 3 heteroatoms. The van der Waals surface area contributed by atoms with Crippen LogP contribution in [0.1, 0.15) is 53.4 Å². The van der Waals surface area contributed by atoms with Crippen LogP contribution in [-0.2, 0) is 4.79 Å². The maximum absolute atomic E-state index is 12.0. The predicted octanol–water partition coefficient (Wildman–Crippen LogP) is 1.90. The number of hydrogen-bond acceptors (Lipinski definition) is 3. The van der Waals surface area contributed by atoms with E-state index in [0.717, 1.165) is 12.8 Å². The summed E-state index contributed by atoms with van der Waals surface area (Å²) in [5, 5.41) is 21.8. The molecule has 18 heavy (non-hydrogen) atoms. The van der Waals surface area contributed by atoms with Gasteiger partial charge in [-0.2, -0.15) is 0 Å². The Morgan fingerprint density at radius 3 is 2.39 bits per heavy atom. The van der Waals surface area contributed by atoms with Crippen molar-refractivity contribution in [3.05, 3.63) is 0 Å². The zero-order valence-electron chi connectivity index (χ0n) is 11.8. The highest BCUT2D eigenvalue weighted by atomic mass is 16.3. The molecule has 0 bridgehead atoms. The van der Waals surface area contributed by atoms with E-state index in [0.29, 0.717) is 6.42 Å². The van der Waals surface area contributed by atoms with Gasteiger partial charge in [-0.15, -0.1) is 0 Å². The maximum Gasteiger partial charge on any atom is 0.139 e. The van der Waals surface area contributed by atoms with Crippen molar-refractivity contribution in [1.82, 2.24) is 0 Å². The molecule has 3 nitrogen and oxygen atoms in total. The molecule has 3 aliphatic carbocycles. The van der Waals surface area contributed by atoms with Crippen molar-refractivity contribution in [2.24, 2.45) is 22.7 Å². The molecule has 2 N–H and O–H groups in total. The molecule has 3 aliphatic rings. The van der Waals surface area contributed by atoms with Gasteiger partial charge in [0, 0.05) is 24.2 Å². The van der Waals surface area contributed by atoms with E-state index in [4.69, 9.17) is 0 Å². The molecule has 0 spiro atoms. The minimum atomic E-state index is -0.987. The van der Waals surface area contributed by atoms with Crippen LogP contribution in [0.3, 0.4) is 0 Å². The van der Waals surface area contributed by atoms with Gasteiger partial charge in [0.2, 0.25) is 0 Å². The van der Waals surface area contributed by atoms with E-state index in [-0.39, 0.29) is 29.5 Å². The smallest absolute Gasteiger partial charge is 0.139 e. The van der Waals surface area contributed by atoms with Crippen molar-refractivity contribution in [2.45, 2.75) is 64.6 Å². The number of hydrogen-bond donors (Lipinski definition) is 2. The van der Waals surface area contributed by atoms with Crippen LogP contribution in [0.25, 0.3) is 0 Å². The molecule has 0 saturated heterocycles. The fraction of sp³-hybridized carbons (Fsp3) is 0.933. The Morgan fingerprint density at radius 2 is 1.78 bits per heavy atom. The van der Waals surface area contributed by atoms with E-state index >= 15 is 0 Å². The van der Waals surface area contributed by atoms with Gasteiger partial charge in [-0.05, 0) is 24.2 Å². The van der Waals surface area contributed by atoms with E-state index in [2.05, 4.69) is 13.8 Å². The molecule has 0 aromatic rings. The molecule has 0 unspecified atom stereocenters. The SMILES string of the molecule is C[C@@H]1C(=O)C[C@]2(O)C[C@@]3(O)CC(C)(C)C[C@H]3[C@]12C. The summed E-state index contributed by atoms with van der Waals surface area (Å²) in [6.45, 7) is 8.30. The van der Waals surface area contributed by atoms with E-state index in [1.165, 1.54) is 0 Å². The first-order valence-electron chi connectivity index (χ1n) is 7.02. The zero-order valence-corrected chi connectivity index (χ0v) is 11.8. The summed E-state index contributed by atoms with van der Waals surface area (Å²) in [5.74, 6) is 0.0635. The highest BCUT2D eigenvalue weighted by molar-refractivity contribution is 5.86. The van der Waals surface area contributed by atoms with Crippen LogP contribution in [0.15, 0.2) is 0 Å². The standard InChI is InChI=1S/C15H24O3/c1-9-10(16)5-15(18)8-14(17)7-12(2,3)6-11(14)13(9,15)4/h9,11,17-18H,5-8H2,1-4H3/t9-,11+,13+,14+,15+/m1/s1. The Labute approximate surface area is 109 Å². The van der Waals surface area contributed by atoms with Gasteiger partial charge in [0.25, 0.3) is 0 Å². The van der Waals surface area contributed by atoms with Gasteiger partial charge < -0.3 is 10.2 Å². The van der Waals surface area contributed by atoms with Crippen molar-refractivity contribution in [3.8, 4) is 0 Å². The van der Waals surface area contributed by atoms with Crippen LogP contribution >= 0.6 is 0 Å². The molecule has 3 rings (SSSR count). The minimum absolute atomic E-state index is 0.0476. The summed E-state index contributed by atoms with van der Waals surface area (Å²) in [6.07, 6.45) is 2.24. The predicted molar refractivity (Wildman–Crippen MR) is 67.9 cm³/mol. The lowest BCUT2D eigenvalue weighted by atomic mass is 9.66. The molecule has 0 aliphatic heterocycles. The second kappa shape index (κ2) is 3.01. The average Bonchev–Trinajstić information content (AvgIpc) is 2.57. The minimum Gasteiger partial charge on any atom is -0.389 e. The van der Waals surface area contributed by atoms with Crippen LogP contribution in [0.2, 0.25) is 0 Å². The Kier molecular flexibility index (Phi) is 2.11. The van der Waals surface area contributed by atoms with E-state index < -0.39 is 16.6 Å². The third kappa shape index (κ3) is 1.20. The highest BCUT2D eigenvalue weighted by Gasteiger charge is 2.75. The van der Waals surface area contributed by atoms with Gasteiger partial charge in [-0.3, -0.25) is 4.79 Å². The van der Waals surface area contributed by atoms with E-state index in [1.54, 1.807) is 0 Å². The molecule has 0 aromatic carbocycles. The Balaban J connectivity index is 2.09. The number of carbonyl (C=O) groups excluding carboxylic acids is 1. The molecule has 0 radical (unpaired) electrons. The Hall–Kier alpha value is -0.410. The van der Waals surface area contributed by atoms with Crippen molar-refractivity contribution in [2.75, 3.05) is 0 Å². The van der Waals surface area contributed by atoms with Gasteiger partial charge in [0.1, 0.15) is 5.78 Å². The van der Waals surface area contributed by atoms with Gasteiger partial charge in [-0.1, -0.05) is 27.7 Å². The Bertz CT molecular complexity index is 429. The molecular formula is C15H24O3. The number of rotatable bonds is 0. The molecule has 0 amide bonds. The summed E-state index contributed by atoms with van der Waals surface area (Å²) in [7, 11) is 0. The molecule has 0 aromatic heterocycles. The summed E-state index contributed by atoms with van der Waals surface area (Å²) in [5.41, 5.74) is -2.11. The van der Waals surface area contributed by atoms with Crippen LogP contribution in [0.5, 0.6) is 0 Å². The van der Waals surface area contributed by atoms with Gasteiger partial charge in [-0.25, -0.2) is 0 Å². The summed E-state index contributed by atoms with van der Waals surface area (Å²) < 4.78 is 0. The van der Waals surface area contributed by atoms with Crippen molar-refractivity contribution in [3.63, 3.8) is 0 Å². The van der Waals surface area contributed by atoms with Crippen molar-refractivity contribution >= 4 is 5.78 Å². The van der Waals surface area contributed by atoms with Gasteiger partial charge in [0.15, 0.2) is 0 Å². The first-order chi connectivity index (χ1) is 8.04. The second-order valence-electron chi connectivity index (χ2n) is 8.06. The van der Waals surface area contributed by atoms with E-state index in [1.807, 2.05) is 13.8 Å². The second-order valence-corrected chi connectivity index (χ2v) is 8.06. The Morgan fingerprint density at radius 1 is 1.17 bits per heavy atom. The van der Waals surface area contributed by atoms with Crippen LogP contribution in [0.4, 0.5) is 0 Å². The van der Waals surface area contributed by atoms with Crippen LogP contribution in [-0.4, -0.2) is 27.2 Å². The number of Topliss-reactive ketones (excluding diaryl/α,β-unsaturated/α-hetero) is 1. The molecule has 3 fully saturated rings. The van der Waals surface area contributed by atoms with Gasteiger partial charge >= 0.3 is 0 Å². The van der Waals surface area contributed by atoms with Crippen molar-refractivity contribution in [1.29, 1.82) is 0 Å². The summed E-state index contributed by atoms with van der Waals surface area (Å²) in [6, 6.07) is 0. The molecule has 0 heterocycles. The normalized spacial score (nSPS) is 57.8. The largest absolute Gasteiger partial charge is 0.389 e. The third-order valence-electron chi connectivity index (χ3n) is 6.36. The molecule has 5 atom stereocenters. The fourth-order valence-electron chi connectivity index (χ4n) is 5.48. The lowest BCUT2D eigenvalue weighted by Gasteiger charge is -2.40. The number of aliphatic hydroxyl groups is 2. The van der Waals surface area contributed by atoms with Crippen LogP contribution < -0.4 is 0 Å².